The van der Waals surface area contributed by atoms with E-state index in [1.54, 1.807) is 11.7 Å². The van der Waals surface area contributed by atoms with Crippen LogP contribution in [-0.2, 0) is 11.3 Å². The highest BCUT2D eigenvalue weighted by Gasteiger charge is 2.15. The summed E-state index contributed by atoms with van der Waals surface area (Å²) in [6.45, 7) is 4.95. The summed E-state index contributed by atoms with van der Waals surface area (Å²) in [4.78, 5) is 17.1. The third-order valence-electron chi connectivity index (χ3n) is 3.20. The minimum atomic E-state index is -0.00694. The summed E-state index contributed by atoms with van der Waals surface area (Å²) in [7, 11) is 3.45. The van der Waals surface area contributed by atoms with Gasteiger partial charge in [0.05, 0.1) is 17.9 Å². The number of rotatable bonds is 5. The minimum absolute atomic E-state index is 0.00694. The van der Waals surface area contributed by atoms with E-state index < -0.39 is 0 Å². The molecule has 0 radical (unpaired) electrons. The van der Waals surface area contributed by atoms with Crippen molar-refractivity contribution >= 4 is 16.5 Å². The lowest BCUT2D eigenvalue weighted by Gasteiger charge is -2.13. The fourth-order valence-corrected chi connectivity index (χ4v) is 2.87. The molecule has 6 heteroatoms. The van der Waals surface area contributed by atoms with Crippen LogP contribution in [0.25, 0.3) is 11.3 Å². The maximum Gasteiger partial charge on any atom is 0.260 e. The van der Waals surface area contributed by atoms with Crippen LogP contribution in [0.5, 0.6) is 0 Å². The Morgan fingerprint density at radius 3 is 2.80 bits per heavy atom. The van der Waals surface area contributed by atoms with Crippen LogP contribution in [0.2, 0.25) is 0 Å². The van der Waals surface area contributed by atoms with Gasteiger partial charge in [0.25, 0.3) is 5.56 Å². The molecule has 0 aliphatic carbocycles. The lowest BCUT2D eigenvalue weighted by Crippen LogP contribution is -2.26. The second-order valence-electron chi connectivity index (χ2n) is 4.58. The second-order valence-corrected chi connectivity index (χ2v) is 5.44. The van der Waals surface area contributed by atoms with Crippen LogP contribution < -0.4 is 10.9 Å². The molecule has 0 saturated carbocycles. The number of aromatic nitrogens is 2. The van der Waals surface area contributed by atoms with Crippen molar-refractivity contribution in [3.63, 3.8) is 0 Å². The number of ether oxygens (including phenoxy) is 1. The van der Waals surface area contributed by atoms with Gasteiger partial charge in [0.15, 0.2) is 5.13 Å². The van der Waals surface area contributed by atoms with E-state index in [4.69, 9.17) is 4.74 Å². The molecule has 0 spiro atoms. The number of thiazole rings is 1. The SMILES string of the molecule is CNc1nc(-c2c(C)cc(C)n(CCOC)c2=O)cs1. The molecular formula is C14H19N3O2S. The summed E-state index contributed by atoms with van der Waals surface area (Å²) in [6.07, 6.45) is 0. The Morgan fingerprint density at radius 2 is 2.20 bits per heavy atom. The van der Waals surface area contributed by atoms with E-state index in [0.717, 1.165) is 22.1 Å². The molecular weight excluding hydrogens is 274 g/mol. The van der Waals surface area contributed by atoms with Crippen molar-refractivity contribution in [2.24, 2.45) is 0 Å². The minimum Gasteiger partial charge on any atom is -0.383 e. The molecule has 0 amide bonds. The highest BCUT2D eigenvalue weighted by molar-refractivity contribution is 7.14. The van der Waals surface area contributed by atoms with E-state index in [9.17, 15) is 4.79 Å². The second kappa shape index (κ2) is 6.19. The zero-order valence-electron chi connectivity index (χ0n) is 12.2. The van der Waals surface area contributed by atoms with Gasteiger partial charge in [0.1, 0.15) is 0 Å². The molecule has 0 atom stereocenters. The highest BCUT2D eigenvalue weighted by Crippen LogP contribution is 2.25. The van der Waals surface area contributed by atoms with Crippen LogP contribution in [0, 0.1) is 13.8 Å². The normalized spacial score (nSPS) is 10.8. The van der Waals surface area contributed by atoms with Crippen molar-refractivity contribution in [1.29, 1.82) is 0 Å². The lowest BCUT2D eigenvalue weighted by molar-refractivity contribution is 0.185. The summed E-state index contributed by atoms with van der Waals surface area (Å²) < 4.78 is 6.81. The third-order valence-corrected chi connectivity index (χ3v) is 4.06. The monoisotopic (exact) mass is 293 g/mol. The van der Waals surface area contributed by atoms with Gasteiger partial charge in [-0.15, -0.1) is 11.3 Å². The van der Waals surface area contributed by atoms with Gasteiger partial charge in [-0.2, -0.15) is 0 Å². The summed E-state index contributed by atoms with van der Waals surface area (Å²) in [5, 5.41) is 5.71. The van der Waals surface area contributed by atoms with Gasteiger partial charge in [-0.05, 0) is 25.5 Å². The lowest BCUT2D eigenvalue weighted by atomic mass is 10.1. The van der Waals surface area contributed by atoms with Crippen molar-refractivity contribution in [1.82, 2.24) is 9.55 Å². The summed E-state index contributed by atoms with van der Waals surface area (Å²) in [5.74, 6) is 0. The molecule has 20 heavy (non-hydrogen) atoms. The number of aryl methyl sites for hydroxylation is 2. The van der Waals surface area contributed by atoms with E-state index in [-0.39, 0.29) is 5.56 Å². The standard InChI is InChI=1S/C14H19N3O2S/c1-9-7-10(2)17(5-6-19-4)13(18)12(9)11-8-20-14(15-3)16-11/h7-8H,5-6H2,1-4H3,(H,15,16). The number of nitrogens with one attached hydrogen (secondary N) is 1. The quantitative estimate of drug-likeness (QED) is 0.919. The first kappa shape index (κ1) is 14.7. The Labute approximate surface area is 122 Å². The van der Waals surface area contributed by atoms with Crippen molar-refractivity contribution in [3.05, 3.63) is 33.1 Å². The van der Waals surface area contributed by atoms with Gasteiger partial charge in [0, 0.05) is 31.8 Å². The molecule has 0 aromatic carbocycles. The Morgan fingerprint density at radius 1 is 1.45 bits per heavy atom. The number of nitrogens with zero attached hydrogens (tertiary/aromatic N) is 2. The third kappa shape index (κ3) is 2.76. The number of pyridine rings is 1. The molecule has 1 N–H and O–H groups in total. The highest BCUT2D eigenvalue weighted by atomic mass is 32.1. The molecule has 5 nitrogen and oxygen atoms in total. The number of hydrogen-bond donors (Lipinski definition) is 1. The van der Waals surface area contributed by atoms with Crippen molar-refractivity contribution in [3.8, 4) is 11.3 Å². The molecule has 2 heterocycles. The molecule has 2 aromatic rings. The average molecular weight is 293 g/mol. The van der Waals surface area contributed by atoms with E-state index in [0.29, 0.717) is 18.7 Å². The zero-order chi connectivity index (χ0) is 14.7. The summed E-state index contributed by atoms with van der Waals surface area (Å²) in [5.41, 5.74) is 3.29. The maximum atomic E-state index is 12.7. The molecule has 0 unspecified atom stereocenters. The average Bonchev–Trinajstić information content (AvgIpc) is 2.87. The zero-order valence-corrected chi connectivity index (χ0v) is 13.0. The molecule has 2 aromatic heterocycles. The van der Waals surface area contributed by atoms with Crippen LogP contribution in [-0.4, -0.2) is 30.3 Å². The molecule has 2 rings (SSSR count). The van der Waals surface area contributed by atoms with Gasteiger partial charge < -0.3 is 14.6 Å². The summed E-state index contributed by atoms with van der Waals surface area (Å²) >= 11 is 1.49. The van der Waals surface area contributed by atoms with Crippen LogP contribution in [0.4, 0.5) is 5.13 Å². The number of hydrogen-bond acceptors (Lipinski definition) is 5. The van der Waals surface area contributed by atoms with Gasteiger partial charge >= 0.3 is 0 Å². The fraction of sp³-hybridized carbons (Fsp3) is 0.429. The van der Waals surface area contributed by atoms with Crippen molar-refractivity contribution < 1.29 is 4.74 Å². The molecule has 0 aliphatic heterocycles. The van der Waals surface area contributed by atoms with Crippen molar-refractivity contribution in [2.75, 3.05) is 26.1 Å². The van der Waals surface area contributed by atoms with Crippen LogP contribution in [0.3, 0.4) is 0 Å². The number of methoxy groups -OCH3 is 1. The predicted octanol–water partition coefficient (Wildman–Crippen LogP) is 2.28. The van der Waals surface area contributed by atoms with Crippen molar-refractivity contribution in [2.45, 2.75) is 20.4 Å². The predicted molar refractivity (Wildman–Crippen MR) is 82.7 cm³/mol. The van der Waals surface area contributed by atoms with E-state index in [2.05, 4.69) is 10.3 Å². The van der Waals surface area contributed by atoms with E-state index >= 15 is 0 Å². The summed E-state index contributed by atoms with van der Waals surface area (Å²) in [6, 6.07) is 2.02. The molecule has 0 fully saturated rings. The number of anilines is 1. The smallest absolute Gasteiger partial charge is 0.260 e. The van der Waals surface area contributed by atoms with Gasteiger partial charge in [-0.25, -0.2) is 4.98 Å². The fourth-order valence-electron chi connectivity index (χ4n) is 2.20. The molecule has 108 valence electrons. The topological polar surface area (TPSA) is 56.1 Å². The van der Waals surface area contributed by atoms with E-state index in [1.165, 1.54) is 11.3 Å². The Kier molecular flexibility index (Phi) is 4.57. The first-order chi connectivity index (χ1) is 9.58. The molecule has 0 aliphatic rings. The van der Waals surface area contributed by atoms with Gasteiger partial charge in [0.2, 0.25) is 0 Å². The first-order valence-corrected chi connectivity index (χ1v) is 7.30. The van der Waals surface area contributed by atoms with Gasteiger partial charge in [-0.1, -0.05) is 0 Å². The Bertz CT molecular complexity index is 661. The first-order valence-electron chi connectivity index (χ1n) is 6.42. The largest absolute Gasteiger partial charge is 0.383 e. The molecule has 0 saturated heterocycles. The Balaban J connectivity index is 2.55. The maximum absolute atomic E-state index is 12.7. The van der Waals surface area contributed by atoms with Crippen LogP contribution in [0.1, 0.15) is 11.3 Å². The van der Waals surface area contributed by atoms with E-state index in [1.807, 2.05) is 32.3 Å². The van der Waals surface area contributed by atoms with Crippen LogP contribution in [0.15, 0.2) is 16.2 Å². The Hall–Kier alpha value is -1.66. The van der Waals surface area contributed by atoms with Crippen LogP contribution >= 0.6 is 11.3 Å². The van der Waals surface area contributed by atoms with Gasteiger partial charge in [-0.3, -0.25) is 4.79 Å². The molecule has 0 bridgehead atoms.